The first-order valence-corrected chi connectivity index (χ1v) is 8.76. The number of alkyl halides is 3. The lowest BCUT2D eigenvalue weighted by molar-refractivity contribution is -0.137. The van der Waals surface area contributed by atoms with E-state index in [-0.39, 0.29) is 24.0 Å². The van der Waals surface area contributed by atoms with Crippen molar-refractivity contribution in [3.63, 3.8) is 0 Å². The second-order valence-corrected chi connectivity index (χ2v) is 6.73. The number of guanidine groups is 1. The maximum Gasteiger partial charge on any atom is 0.416 e. The van der Waals surface area contributed by atoms with Crippen LogP contribution in [0.1, 0.15) is 24.0 Å². The van der Waals surface area contributed by atoms with Gasteiger partial charge in [0.15, 0.2) is 5.96 Å². The highest BCUT2D eigenvalue weighted by Gasteiger charge is 2.29. The first kappa shape index (κ1) is 22.0. The molecule has 1 unspecified atom stereocenters. The fourth-order valence-electron chi connectivity index (χ4n) is 2.25. The molecule has 1 fully saturated rings. The van der Waals surface area contributed by atoms with Crippen LogP contribution in [0.4, 0.5) is 13.2 Å². The summed E-state index contributed by atoms with van der Waals surface area (Å²) in [5.74, 6) is 7.62. The highest BCUT2D eigenvalue weighted by Crippen LogP contribution is 2.29. The van der Waals surface area contributed by atoms with E-state index in [1.165, 1.54) is 30.7 Å². The molecule has 1 aromatic rings. The lowest BCUT2D eigenvalue weighted by Gasteiger charge is -2.13. The predicted molar refractivity (Wildman–Crippen MR) is 109 cm³/mol. The molecule has 3 nitrogen and oxygen atoms in total. The molecule has 0 amide bonds. The van der Waals surface area contributed by atoms with Crippen LogP contribution in [-0.2, 0) is 6.18 Å². The van der Waals surface area contributed by atoms with E-state index in [9.17, 15) is 13.2 Å². The first-order valence-electron chi connectivity index (χ1n) is 7.71. The fourth-order valence-corrected chi connectivity index (χ4v) is 3.45. The molecule has 0 aromatic heterocycles. The highest BCUT2D eigenvalue weighted by atomic mass is 127. The third-order valence-corrected chi connectivity index (χ3v) is 4.93. The largest absolute Gasteiger partial charge is 0.416 e. The standard InChI is InChI=1S/C17H20F3N3S.HI/c1-21-16(23-12-15-5-3-11-24-15)22-10-2-4-13-6-8-14(9-7-13)17(18,19)20;/h6-9,15H,3,5,10-12H2,1H3,(H2,21,22,23);1H. The normalized spacial score (nSPS) is 17.3. The van der Waals surface area contributed by atoms with Crippen molar-refractivity contribution < 1.29 is 13.2 Å². The topological polar surface area (TPSA) is 36.4 Å². The van der Waals surface area contributed by atoms with Crippen LogP contribution in [0.5, 0.6) is 0 Å². The molecular weight excluding hydrogens is 462 g/mol. The Balaban J connectivity index is 0.00000312. The van der Waals surface area contributed by atoms with Gasteiger partial charge in [-0.05, 0) is 42.9 Å². The van der Waals surface area contributed by atoms with Gasteiger partial charge in [0, 0.05) is 24.4 Å². The summed E-state index contributed by atoms with van der Waals surface area (Å²) in [6.45, 7) is 1.25. The predicted octanol–water partition coefficient (Wildman–Crippen LogP) is 3.74. The molecule has 0 bridgehead atoms. The van der Waals surface area contributed by atoms with Crippen molar-refractivity contribution >= 4 is 41.7 Å². The summed E-state index contributed by atoms with van der Waals surface area (Å²) in [5.41, 5.74) is -0.115. The molecule has 1 heterocycles. The van der Waals surface area contributed by atoms with Crippen molar-refractivity contribution in [3.8, 4) is 11.8 Å². The van der Waals surface area contributed by atoms with Gasteiger partial charge in [-0.1, -0.05) is 11.8 Å². The van der Waals surface area contributed by atoms with Gasteiger partial charge >= 0.3 is 6.18 Å². The van der Waals surface area contributed by atoms with Gasteiger partial charge in [-0.15, -0.1) is 24.0 Å². The summed E-state index contributed by atoms with van der Waals surface area (Å²) in [6.07, 6.45) is -1.83. The van der Waals surface area contributed by atoms with Crippen LogP contribution in [0.3, 0.4) is 0 Å². The number of rotatable bonds is 3. The van der Waals surface area contributed by atoms with E-state index in [1.54, 1.807) is 7.05 Å². The van der Waals surface area contributed by atoms with E-state index < -0.39 is 11.7 Å². The van der Waals surface area contributed by atoms with Crippen molar-refractivity contribution in [2.45, 2.75) is 24.3 Å². The SMILES string of the molecule is CN=C(NCC#Cc1ccc(C(F)(F)F)cc1)NCC1CCCS1.I. The van der Waals surface area contributed by atoms with Crippen LogP contribution < -0.4 is 10.6 Å². The van der Waals surface area contributed by atoms with Crippen LogP contribution >= 0.6 is 35.7 Å². The molecule has 0 saturated carbocycles. The number of nitrogens with zero attached hydrogens (tertiary/aromatic N) is 1. The van der Waals surface area contributed by atoms with Crippen molar-refractivity contribution in [2.24, 2.45) is 4.99 Å². The van der Waals surface area contributed by atoms with Crippen LogP contribution in [-0.4, -0.2) is 37.1 Å². The molecule has 2 rings (SSSR count). The summed E-state index contributed by atoms with van der Waals surface area (Å²) in [4.78, 5) is 4.12. The van der Waals surface area contributed by atoms with Crippen molar-refractivity contribution in [1.82, 2.24) is 10.6 Å². The minimum atomic E-state index is -4.32. The first-order chi connectivity index (χ1) is 11.5. The smallest absolute Gasteiger partial charge is 0.355 e. The fraction of sp³-hybridized carbons (Fsp3) is 0.471. The number of hydrogen-bond acceptors (Lipinski definition) is 2. The van der Waals surface area contributed by atoms with Gasteiger partial charge in [0.25, 0.3) is 0 Å². The quantitative estimate of drug-likeness (QED) is 0.298. The van der Waals surface area contributed by atoms with Gasteiger partial charge in [-0.3, -0.25) is 4.99 Å². The summed E-state index contributed by atoms with van der Waals surface area (Å²) >= 11 is 1.97. The third-order valence-electron chi connectivity index (χ3n) is 3.53. The maximum absolute atomic E-state index is 12.5. The lowest BCUT2D eigenvalue weighted by Crippen LogP contribution is -2.40. The number of hydrogen-bond donors (Lipinski definition) is 2. The number of halogens is 4. The highest BCUT2D eigenvalue weighted by molar-refractivity contribution is 14.0. The molecule has 0 spiro atoms. The maximum atomic E-state index is 12.5. The minimum Gasteiger partial charge on any atom is -0.355 e. The van der Waals surface area contributed by atoms with E-state index in [1.807, 2.05) is 11.8 Å². The molecule has 1 aliphatic rings. The van der Waals surface area contributed by atoms with Crippen LogP contribution in [0.2, 0.25) is 0 Å². The number of nitrogens with one attached hydrogen (secondary N) is 2. The molecule has 1 aromatic carbocycles. The number of aliphatic imine (C=N–C) groups is 1. The summed E-state index contributed by atoms with van der Waals surface area (Å²) < 4.78 is 37.4. The molecule has 8 heteroatoms. The Hall–Kier alpha value is -1.08. The van der Waals surface area contributed by atoms with E-state index in [0.717, 1.165) is 18.7 Å². The Bertz CT molecular complexity index is 615. The van der Waals surface area contributed by atoms with Gasteiger partial charge < -0.3 is 10.6 Å². The lowest BCUT2D eigenvalue weighted by atomic mass is 10.1. The molecule has 138 valence electrons. The van der Waals surface area contributed by atoms with Crippen LogP contribution in [0.15, 0.2) is 29.3 Å². The Morgan fingerprint density at radius 1 is 1.28 bits per heavy atom. The molecule has 25 heavy (non-hydrogen) atoms. The van der Waals surface area contributed by atoms with E-state index in [0.29, 0.717) is 23.3 Å². The molecule has 1 saturated heterocycles. The Labute approximate surface area is 167 Å². The minimum absolute atomic E-state index is 0. The third kappa shape index (κ3) is 7.77. The zero-order valence-electron chi connectivity index (χ0n) is 13.8. The molecule has 1 atom stereocenters. The average molecular weight is 483 g/mol. The molecular formula is C17H21F3IN3S. The Morgan fingerprint density at radius 3 is 2.56 bits per heavy atom. The van der Waals surface area contributed by atoms with Crippen LogP contribution in [0.25, 0.3) is 0 Å². The van der Waals surface area contributed by atoms with E-state index in [2.05, 4.69) is 27.5 Å². The molecule has 0 radical (unpaired) electrons. The Morgan fingerprint density at radius 2 is 2.00 bits per heavy atom. The van der Waals surface area contributed by atoms with E-state index >= 15 is 0 Å². The Kier molecular flexibility index (Phi) is 9.50. The monoisotopic (exact) mass is 483 g/mol. The van der Waals surface area contributed by atoms with Gasteiger partial charge in [0.1, 0.15) is 0 Å². The zero-order valence-corrected chi connectivity index (χ0v) is 17.0. The van der Waals surface area contributed by atoms with E-state index in [4.69, 9.17) is 0 Å². The van der Waals surface area contributed by atoms with Gasteiger partial charge in [-0.2, -0.15) is 24.9 Å². The van der Waals surface area contributed by atoms with Gasteiger partial charge in [0.2, 0.25) is 0 Å². The summed E-state index contributed by atoms with van der Waals surface area (Å²) in [6, 6.07) is 4.83. The van der Waals surface area contributed by atoms with Crippen molar-refractivity contribution in [3.05, 3.63) is 35.4 Å². The average Bonchev–Trinajstić information content (AvgIpc) is 3.07. The second kappa shape index (κ2) is 10.8. The number of thioether (sulfide) groups is 1. The van der Waals surface area contributed by atoms with Crippen molar-refractivity contribution in [2.75, 3.05) is 25.9 Å². The molecule has 2 N–H and O–H groups in total. The van der Waals surface area contributed by atoms with Crippen molar-refractivity contribution in [1.29, 1.82) is 0 Å². The molecule has 0 aliphatic carbocycles. The summed E-state index contributed by atoms with van der Waals surface area (Å²) in [5, 5.41) is 6.96. The van der Waals surface area contributed by atoms with Crippen LogP contribution in [0, 0.1) is 11.8 Å². The summed E-state index contributed by atoms with van der Waals surface area (Å²) in [7, 11) is 1.69. The number of benzene rings is 1. The zero-order chi connectivity index (χ0) is 17.4. The molecule has 1 aliphatic heterocycles. The van der Waals surface area contributed by atoms with Gasteiger partial charge in [0.05, 0.1) is 12.1 Å². The van der Waals surface area contributed by atoms with Gasteiger partial charge in [-0.25, -0.2) is 0 Å². The second-order valence-electron chi connectivity index (χ2n) is 5.32.